The van der Waals surface area contributed by atoms with Crippen molar-refractivity contribution < 1.29 is 0 Å². The van der Waals surface area contributed by atoms with Crippen LogP contribution in [-0.4, -0.2) is 11.5 Å². The first-order valence-corrected chi connectivity index (χ1v) is 18.3. The van der Waals surface area contributed by atoms with E-state index in [2.05, 4.69) is 156 Å². The lowest BCUT2D eigenvalue weighted by Gasteiger charge is -2.33. The Morgan fingerprint density at radius 3 is 1.32 bits per heavy atom. The molecule has 0 N–H and O–H groups in total. The molecule has 0 aromatic heterocycles. The molecule has 1 heteroatoms. The van der Waals surface area contributed by atoms with E-state index in [0.717, 1.165) is 11.5 Å². The zero-order valence-corrected chi connectivity index (χ0v) is 31.5. The van der Waals surface area contributed by atoms with E-state index in [1.54, 1.807) is 11.1 Å². The summed E-state index contributed by atoms with van der Waals surface area (Å²) in [4.78, 5) is 0. The minimum absolute atomic E-state index is 0.299. The Morgan fingerprint density at radius 2 is 0.977 bits per heavy atom. The summed E-state index contributed by atoms with van der Waals surface area (Å²) in [6.45, 7) is 27.1. The fourth-order valence-corrected chi connectivity index (χ4v) is 6.75. The number of hydrogen-bond donors (Lipinski definition) is 0. The number of thioether (sulfide) groups is 1. The van der Waals surface area contributed by atoms with Gasteiger partial charge in [0.25, 0.3) is 0 Å². The molecular weight excluding hydrogens is 549 g/mol. The van der Waals surface area contributed by atoms with Gasteiger partial charge in [0.2, 0.25) is 0 Å². The van der Waals surface area contributed by atoms with E-state index >= 15 is 0 Å². The summed E-state index contributed by atoms with van der Waals surface area (Å²) in [7, 11) is 0. The van der Waals surface area contributed by atoms with Crippen molar-refractivity contribution in [2.75, 3.05) is 11.5 Å². The lowest BCUT2D eigenvalue weighted by Crippen LogP contribution is -2.19. The summed E-state index contributed by atoms with van der Waals surface area (Å²) in [5.74, 6) is 2.06. The van der Waals surface area contributed by atoms with Crippen molar-refractivity contribution in [2.24, 2.45) is 10.8 Å². The molecule has 0 aromatic rings. The zero-order valence-electron chi connectivity index (χ0n) is 30.7. The van der Waals surface area contributed by atoms with Gasteiger partial charge in [-0.05, 0) is 102 Å². The molecule has 0 saturated heterocycles. The molecule has 0 atom stereocenters. The molecular formula is C43H66S. The molecule has 0 radical (unpaired) electrons. The Balaban J connectivity index is 0.00000309. The second kappa shape index (κ2) is 20.7. The third-order valence-electron chi connectivity index (χ3n) is 8.59. The molecule has 0 bridgehead atoms. The molecule has 0 amide bonds. The molecule has 2 aliphatic rings. The summed E-state index contributed by atoms with van der Waals surface area (Å²) in [6.07, 6.45) is 36.0. The topological polar surface area (TPSA) is 0 Å². The molecule has 0 aromatic carbocycles. The fourth-order valence-electron chi connectivity index (χ4n) is 5.85. The second-order valence-electron chi connectivity index (χ2n) is 14.2. The average molecular weight is 615 g/mol. The molecule has 0 spiro atoms. The van der Waals surface area contributed by atoms with Gasteiger partial charge in [-0.25, -0.2) is 0 Å². The van der Waals surface area contributed by atoms with E-state index in [1.807, 2.05) is 11.8 Å². The normalized spacial score (nSPS) is 20.5. The number of allylic oxidation sites excluding steroid dienone is 18. The van der Waals surface area contributed by atoms with Crippen molar-refractivity contribution in [1.29, 1.82) is 0 Å². The molecule has 0 unspecified atom stereocenters. The number of rotatable bonds is 12. The monoisotopic (exact) mass is 614 g/mol. The van der Waals surface area contributed by atoms with Crippen LogP contribution in [0.3, 0.4) is 0 Å². The van der Waals surface area contributed by atoms with Gasteiger partial charge in [-0.3, -0.25) is 0 Å². The summed E-state index contributed by atoms with van der Waals surface area (Å²) in [6, 6.07) is 0. The van der Waals surface area contributed by atoms with Crippen LogP contribution in [0.1, 0.15) is 128 Å². The van der Waals surface area contributed by atoms with E-state index in [-0.39, 0.29) is 0 Å². The highest BCUT2D eigenvalue weighted by atomic mass is 32.2. The summed E-state index contributed by atoms with van der Waals surface area (Å²) in [5, 5.41) is 0. The molecule has 2 rings (SSSR count). The third-order valence-corrected chi connectivity index (χ3v) is 9.40. The highest BCUT2D eigenvalue weighted by Gasteiger charge is 2.27. The van der Waals surface area contributed by atoms with Crippen molar-refractivity contribution in [3.8, 4) is 0 Å². The van der Waals surface area contributed by atoms with Crippen LogP contribution in [0.25, 0.3) is 0 Å². The second-order valence-corrected chi connectivity index (χ2v) is 15.3. The van der Waals surface area contributed by atoms with Crippen LogP contribution in [-0.2, 0) is 0 Å². The maximum Gasteiger partial charge on any atom is 0.0122 e. The SMILES string of the molecule is CC1=C(/C=C/C(C)=C/C=C/C(C)=C/CSC/C=C(C)/C=C/C=C(C)/C=C/C2=C(C)CCCC2(C)C)C(C)(C)CCC1.CCC. The van der Waals surface area contributed by atoms with Gasteiger partial charge in [0.15, 0.2) is 0 Å². The third kappa shape index (κ3) is 15.7. The molecule has 0 nitrogen and oxygen atoms in total. The van der Waals surface area contributed by atoms with Gasteiger partial charge in [0, 0.05) is 11.5 Å². The predicted molar refractivity (Wildman–Crippen MR) is 206 cm³/mol. The minimum Gasteiger partial charge on any atom is -0.154 e. The van der Waals surface area contributed by atoms with Crippen LogP contribution in [0.2, 0.25) is 0 Å². The summed E-state index contributed by atoms with van der Waals surface area (Å²) >= 11 is 1.95. The largest absolute Gasteiger partial charge is 0.154 e. The van der Waals surface area contributed by atoms with Crippen molar-refractivity contribution >= 4 is 11.8 Å². The number of hydrogen-bond acceptors (Lipinski definition) is 1. The summed E-state index contributed by atoms with van der Waals surface area (Å²) < 4.78 is 0. The maximum atomic E-state index is 2.38. The van der Waals surface area contributed by atoms with Crippen LogP contribution >= 0.6 is 11.8 Å². The lowest BCUT2D eigenvalue weighted by molar-refractivity contribution is 0.376. The lowest BCUT2D eigenvalue weighted by atomic mass is 9.72. The van der Waals surface area contributed by atoms with E-state index in [4.69, 9.17) is 0 Å². The molecule has 0 saturated carbocycles. The van der Waals surface area contributed by atoms with Crippen LogP contribution in [0, 0.1) is 10.8 Å². The van der Waals surface area contributed by atoms with Crippen LogP contribution < -0.4 is 0 Å². The van der Waals surface area contributed by atoms with Gasteiger partial charge in [0.1, 0.15) is 0 Å². The maximum absolute atomic E-state index is 2.38. The predicted octanol–water partition coefficient (Wildman–Crippen LogP) is 14.2. The Morgan fingerprint density at radius 1 is 0.614 bits per heavy atom. The summed E-state index contributed by atoms with van der Waals surface area (Å²) in [5.41, 5.74) is 12.0. The van der Waals surface area contributed by atoms with Crippen LogP contribution in [0.4, 0.5) is 0 Å². The van der Waals surface area contributed by atoms with Crippen LogP contribution in [0.15, 0.2) is 117 Å². The van der Waals surface area contributed by atoms with Gasteiger partial charge < -0.3 is 0 Å². The van der Waals surface area contributed by atoms with Gasteiger partial charge in [0.05, 0.1) is 0 Å². The Bertz CT molecular complexity index is 1110. The van der Waals surface area contributed by atoms with E-state index in [1.165, 1.54) is 78.4 Å². The Hall–Kier alpha value is -2.25. The van der Waals surface area contributed by atoms with Gasteiger partial charge in [-0.1, -0.05) is 154 Å². The highest BCUT2D eigenvalue weighted by molar-refractivity contribution is 7.99. The zero-order chi connectivity index (χ0) is 33.2. The first-order valence-electron chi connectivity index (χ1n) is 17.1. The smallest absolute Gasteiger partial charge is 0.0122 e. The van der Waals surface area contributed by atoms with Crippen molar-refractivity contribution in [3.63, 3.8) is 0 Å². The first kappa shape index (κ1) is 39.8. The average Bonchev–Trinajstić information content (AvgIpc) is 2.92. The molecule has 0 heterocycles. The molecule has 244 valence electrons. The molecule has 2 aliphatic carbocycles. The van der Waals surface area contributed by atoms with Crippen LogP contribution in [0.5, 0.6) is 0 Å². The quantitative estimate of drug-likeness (QED) is 0.156. The van der Waals surface area contributed by atoms with Crippen molar-refractivity contribution in [3.05, 3.63) is 117 Å². The van der Waals surface area contributed by atoms with Gasteiger partial charge in [-0.15, -0.1) is 0 Å². The molecule has 0 aliphatic heterocycles. The minimum atomic E-state index is 0.299. The first-order chi connectivity index (χ1) is 20.7. The van der Waals surface area contributed by atoms with Crippen molar-refractivity contribution in [1.82, 2.24) is 0 Å². The van der Waals surface area contributed by atoms with Gasteiger partial charge >= 0.3 is 0 Å². The fraction of sp³-hybridized carbons (Fsp3) is 0.535. The highest BCUT2D eigenvalue weighted by Crippen LogP contribution is 2.41. The van der Waals surface area contributed by atoms with Crippen molar-refractivity contribution in [2.45, 2.75) is 128 Å². The van der Waals surface area contributed by atoms with E-state index in [0.29, 0.717) is 10.8 Å². The Kier molecular flexibility index (Phi) is 18.7. The van der Waals surface area contributed by atoms with E-state index in [9.17, 15) is 0 Å². The van der Waals surface area contributed by atoms with Gasteiger partial charge in [-0.2, -0.15) is 11.8 Å². The molecule has 44 heavy (non-hydrogen) atoms. The van der Waals surface area contributed by atoms with E-state index < -0.39 is 0 Å². The molecule has 0 fully saturated rings. The standard InChI is InChI=1S/C40H58S.C3H8/c1-31(21-23-37-35(5)19-13-27-39(37,7)8)15-11-17-33(3)25-29-41-30-26-34(4)18-12-16-32(2)22-24-38-36(6)20-14-28-40(38,9)10;1-3-2/h11-12,15-18,21-26H,13-14,19-20,27-30H2,1-10H3;3H2,1-2H3/b17-11+,18-12+,23-21+,24-22+,31-15+,32-16+,33-25+,34-26+;. The Labute approximate surface area is 278 Å².